The van der Waals surface area contributed by atoms with E-state index in [0.29, 0.717) is 5.92 Å². The lowest BCUT2D eigenvalue weighted by atomic mass is 9.63. The van der Waals surface area contributed by atoms with Crippen LogP contribution < -0.4 is 0 Å². The van der Waals surface area contributed by atoms with Crippen LogP contribution in [0, 0.1) is 11.3 Å². The first-order valence-corrected chi connectivity index (χ1v) is 25.1. The molecule has 7 heteroatoms. The number of fused-ring (bicyclic) bond motifs is 1. The maximum atomic E-state index is 12.7. The van der Waals surface area contributed by atoms with E-state index >= 15 is 0 Å². The van der Waals surface area contributed by atoms with E-state index in [1.54, 1.807) is 0 Å². The second-order valence-electron chi connectivity index (χ2n) is 19.3. The average molecular weight is 715 g/mol. The van der Waals surface area contributed by atoms with Crippen molar-refractivity contribution >= 4 is 22.6 Å². The Morgan fingerprint density at radius 3 is 2.22 bits per heavy atom. The third kappa shape index (κ3) is 10.4. The molecule has 0 aromatic carbocycles. The number of unbranched alkanes of at least 4 members (excludes halogenated alkanes) is 1. The number of allylic oxidation sites excluding steroid dienone is 4. The smallest absolute Gasteiger partial charge is 0.332 e. The zero-order chi connectivity index (χ0) is 37.2. The summed E-state index contributed by atoms with van der Waals surface area (Å²) < 4.78 is 26.1. The highest BCUT2D eigenvalue weighted by atomic mass is 28.4. The van der Waals surface area contributed by atoms with E-state index in [2.05, 4.69) is 113 Å². The van der Waals surface area contributed by atoms with Crippen molar-refractivity contribution in [3.8, 4) is 0 Å². The molecule has 49 heavy (non-hydrogen) atoms. The third-order valence-corrected chi connectivity index (χ3v) is 21.8. The van der Waals surface area contributed by atoms with E-state index in [4.69, 9.17) is 18.3 Å². The molecule has 0 aliphatic heterocycles. The van der Waals surface area contributed by atoms with Gasteiger partial charge in [-0.1, -0.05) is 92.2 Å². The van der Waals surface area contributed by atoms with Crippen LogP contribution in [0.1, 0.15) is 134 Å². The first kappa shape index (κ1) is 42.2. The molecular formula is C42H74O5Si2. The predicted octanol–water partition coefficient (Wildman–Crippen LogP) is 12.0. The van der Waals surface area contributed by atoms with Crippen molar-refractivity contribution in [2.75, 3.05) is 6.61 Å². The second kappa shape index (κ2) is 15.8. The predicted molar refractivity (Wildman–Crippen MR) is 212 cm³/mol. The van der Waals surface area contributed by atoms with Crippen LogP contribution in [0.25, 0.3) is 0 Å². The van der Waals surface area contributed by atoms with Gasteiger partial charge in [-0.2, -0.15) is 0 Å². The molecule has 0 bridgehead atoms. The molecule has 0 aromatic heterocycles. The molecule has 2 fully saturated rings. The molecule has 0 heterocycles. The van der Waals surface area contributed by atoms with Crippen molar-refractivity contribution in [1.29, 1.82) is 0 Å². The molecule has 0 spiro atoms. The van der Waals surface area contributed by atoms with Crippen LogP contribution >= 0.6 is 0 Å². The van der Waals surface area contributed by atoms with Gasteiger partial charge in [0, 0.05) is 6.42 Å². The van der Waals surface area contributed by atoms with Gasteiger partial charge >= 0.3 is 5.97 Å². The van der Waals surface area contributed by atoms with Gasteiger partial charge in [0.15, 0.2) is 16.6 Å². The first-order chi connectivity index (χ1) is 22.3. The monoisotopic (exact) mass is 715 g/mol. The SMILES string of the molecule is C=C1C(=CC=C2CCC[C@]3(C)C([C@H](C)OCC(=O)OC(C)(C)CCCC)=CC[C@@H]23)C[C@@H](O[Si](C)(C)C(C)(C)C)C[C@@H]1O[Si](C)(C)C(C)(C)C. The van der Waals surface area contributed by atoms with Gasteiger partial charge < -0.3 is 18.3 Å². The zero-order valence-electron chi connectivity index (χ0n) is 34.4. The molecule has 0 saturated heterocycles. The number of hydrogen-bond acceptors (Lipinski definition) is 5. The summed E-state index contributed by atoms with van der Waals surface area (Å²) in [4.78, 5) is 12.7. The van der Waals surface area contributed by atoms with Crippen LogP contribution in [0.4, 0.5) is 0 Å². The Balaban J connectivity index is 1.80. The number of rotatable bonds is 13. The summed E-state index contributed by atoms with van der Waals surface area (Å²) in [5.41, 5.74) is 4.82. The lowest BCUT2D eigenvalue weighted by Crippen LogP contribution is -2.49. The number of esters is 1. The summed E-state index contributed by atoms with van der Waals surface area (Å²) >= 11 is 0. The normalized spacial score (nSPS) is 28.1. The molecule has 280 valence electrons. The van der Waals surface area contributed by atoms with Crippen molar-refractivity contribution in [2.45, 2.75) is 194 Å². The van der Waals surface area contributed by atoms with Gasteiger partial charge in [-0.25, -0.2) is 4.79 Å². The van der Waals surface area contributed by atoms with Crippen LogP contribution in [0.2, 0.25) is 36.3 Å². The summed E-state index contributed by atoms with van der Waals surface area (Å²) in [5, 5.41) is 0.272. The Labute approximate surface area is 304 Å². The minimum Gasteiger partial charge on any atom is -0.458 e. The molecule has 0 aromatic rings. The van der Waals surface area contributed by atoms with Crippen molar-refractivity contribution in [2.24, 2.45) is 11.3 Å². The Morgan fingerprint density at radius 2 is 1.63 bits per heavy atom. The minimum absolute atomic E-state index is 0.0120. The average Bonchev–Trinajstić information content (AvgIpc) is 3.31. The van der Waals surface area contributed by atoms with Crippen molar-refractivity contribution in [3.63, 3.8) is 0 Å². The van der Waals surface area contributed by atoms with Gasteiger partial charge in [0.05, 0.1) is 18.3 Å². The maximum absolute atomic E-state index is 12.7. The zero-order valence-corrected chi connectivity index (χ0v) is 36.4. The Bertz CT molecular complexity index is 1270. The number of carbonyl (C=O) groups is 1. The summed E-state index contributed by atoms with van der Waals surface area (Å²) in [6, 6.07) is 0. The molecule has 0 N–H and O–H groups in total. The lowest BCUT2D eigenvalue weighted by Gasteiger charge is -2.45. The molecular weight excluding hydrogens is 641 g/mol. The fourth-order valence-corrected chi connectivity index (χ4v) is 10.2. The summed E-state index contributed by atoms with van der Waals surface area (Å²) in [5.74, 6) is 0.165. The van der Waals surface area contributed by atoms with E-state index in [1.165, 1.54) is 16.7 Å². The fraction of sp³-hybridized carbons (Fsp3) is 0.786. The summed E-state index contributed by atoms with van der Waals surface area (Å²) in [6.45, 7) is 38.6. The highest BCUT2D eigenvalue weighted by Crippen LogP contribution is 2.56. The highest BCUT2D eigenvalue weighted by Gasteiger charge is 2.47. The van der Waals surface area contributed by atoms with Crippen LogP contribution in [-0.4, -0.2) is 53.1 Å². The van der Waals surface area contributed by atoms with Crippen molar-refractivity contribution < 1.29 is 23.1 Å². The van der Waals surface area contributed by atoms with E-state index in [-0.39, 0.29) is 46.4 Å². The standard InChI is InChI=1S/C42H74O5Si2/c1-17-18-25-41(10,11)45-38(43)29-44-31(3)35-23-24-36-32(20-19-26-42(35,36)12)21-22-33-27-34(46-48(13,14)39(4,5)6)28-37(30(33)2)47-49(15,16)40(7,8)9/h21-23,31,34,36-37H,2,17-20,24-29H2,1,3-16H3/t31-,34+,36-,37-,42+/m0/s1. The van der Waals surface area contributed by atoms with Crippen LogP contribution in [0.5, 0.6) is 0 Å². The van der Waals surface area contributed by atoms with E-state index in [0.717, 1.165) is 63.4 Å². The van der Waals surface area contributed by atoms with Gasteiger partial charge in [0.2, 0.25) is 0 Å². The fourth-order valence-electron chi connectivity index (χ4n) is 7.52. The highest BCUT2D eigenvalue weighted by molar-refractivity contribution is 6.74. The molecule has 0 unspecified atom stereocenters. The number of carbonyl (C=O) groups excluding carboxylic acids is 1. The Kier molecular flexibility index (Phi) is 13.6. The van der Waals surface area contributed by atoms with Gasteiger partial charge in [-0.3, -0.25) is 0 Å². The van der Waals surface area contributed by atoms with Crippen LogP contribution in [-0.2, 0) is 23.1 Å². The lowest BCUT2D eigenvalue weighted by molar-refractivity contribution is -0.163. The Hall–Kier alpha value is -1.26. The summed E-state index contributed by atoms with van der Waals surface area (Å²) in [6.07, 6.45) is 16.3. The quantitative estimate of drug-likeness (QED) is 0.108. The first-order valence-electron chi connectivity index (χ1n) is 19.3. The van der Waals surface area contributed by atoms with Gasteiger partial charge in [-0.05, 0) is 130 Å². The Morgan fingerprint density at radius 1 is 1.02 bits per heavy atom. The summed E-state index contributed by atoms with van der Waals surface area (Å²) in [7, 11) is -3.98. The van der Waals surface area contributed by atoms with Crippen LogP contribution in [0.3, 0.4) is 0 Å². The molecule has 3 aliphatic carbocycles. The van der Waals surface area contributed by atoms with Crippen molar-refractivity contribution in [3.05, 3.63) is 47.1 Å². The van der Waals surface area contributed by atoms with E-state index in [9.17, 15) is 4.79 Å². The van der Waals surface area contributed by atoms with Crippen molar-refractivity contribution in [1.82, 2.24) is 0 Å². The topological polar surface area (TPSA) is 54.0 Å². The molecule has 3 rings (SSSR count). The third-order valence-electron chi connectivity index (χ3n) is 12.8. The molecule has 0 radical (unpaired) electrons. The molecule has 0 amide bonds. The minimum atomic E-state index is -2.02. The van der Waals surface area contributed by atoms with Crippen LogP contribution in [0.15, 0.2) is 47.1 Å². The number of ether oxygens (including phenoxy) is 2. The van der Waals surface area contributed by atoms with Gasteiger partial charge in [0.1, 0.15) is 12.2 Å². The number of hydrogen-bond donors (Lipinski definition) is 0. The van der Waals surface area contributed by atoms with Gasteiger partial charge in [-0.15, -0.1) is 0 Å². The molecule has 3 aliphatic rings. The molecule has 5 atom stereocenters. The molecule has 5 nitrogen and oxygen atoms in total. The molecule has 2 saturated carbocycles. The van der Waals surface area contributed by atoms with E-state index in [1.807, 2.05) is 13.8 Å². The maximum Gasteiger partial charge on any atom is 0.332 e. The second-order valence-corrected chi connectivity index (χ2v) is 28.8. The van der Waals surface area contributed by atoms with Gasteiger partial charge in [0.25, 0.3) is 0 Å². The van der Waals surface area contributed by atoms with E-state index < -0.39 is 22.2 Å². The largest absolute Gasteiger partial charge is 0.458 e.